The zero-order valence-corrected chi connectivity index (χ0v) is 14.2. The maximum Gasteiger partial charge on any atom is 0.269 e. The molecule has 0 unspecified atom stereocenters. The van der Waals surface area contributed by atoms with Crippen LogP contribution in [-0.2, 0) is 11.3 Å². The van der Waals surface area contributed by atoms with E-state index in [0.717, 1.165) is 16.9 Å². The van der Waals surface area contributed by atoms with Crippen LogP contribution in [0.1, 0.15) is 19.4 Å². The molecular formula is C17H17N3O3S. The van der Waals surface area contributed by atoms with E-state index in [-0.39, 0.29) is 16.9 Å². The predicted octanol–water partition coefficient (Wildman–Crippen LogP) is 0.274. The smallest absolute Gasteiger partial charge is 0.269 e. The lowest BCUT2D eigenvalue weighted by atomic mass is 10.2. The third-order valence-corrected chi connectivity index (χ3v) is 4.44. The maximum atomic E-state index is 12.5. The fourth-order valence-electron chi connectivity index (χ4n) is 2.16. The first-order chi connectivity index (χ1) is 11.5. The minimum absolute atomic E-state index is 0.0637. The normalized spacial score (nSPS) is 12.6. The monoisotopic (exact) mass is 343 g/mol. The quantitative estimate of drug-likeness (QED) is 0.833. The Morgan fingerprint density at radius 3 is 2.58 bits per heavy atom. The van der Waals surface area contributed by atoms with Crippen LogP contribution >= 0.6 is 11.3 Å². The van der Waals surface area contributed by atoms with Gasteiger partial charge in [-0.25, -0.2) is 0 Å². The number of amides is 1. The van der Waals surface area contributed by atoms with Gasteiger partial charge in [0, 0.05) is 13.1 Å². The average molecular weight is 343 g/mol. The number of hydrogen-bond donors (Lipinski definition) is 2. The minimum atomic E-state index is -0.486. The van der Waals surface area contributed by atoms with E-state index >= 15 is 0 Å². The van der Waals surface area contributed by atoms with E-state index < -0.39 is 5.91 Å². The third-order valence-electron chi connectivity index (χ3n) is 3.30. The van der Waals surface area contributed by atoms with Gasteiger partial charge in [-0.1, -0.05) is 12.1 Å². The summed E-state index contributed by atoms with van der Waals surface area (Å²) in [7, 11) is 0. The Balaban J connectivity index is 2.73. The molecule has 0 atom stereocenters. The number of phenols is 1. The Labute approximate surface area is 142 Å². The van der Waals surface area contributed by atoms with E-state index in [4.69, 9.17) is 0 Å². The standard InChI is InChI=1S/C17H17N3O3S/c1-3-19-15(22)13(10-18)17-20(4-2)16(23)14(24-17)9-11-5-7-12(21)8-6-11/h5-9,21H,3-4H2,1-2H3,(H,19,22)/b14-9-,17-13-. The van der Waals surface area contributed by atoms with Crippen LogP contribution in [0.4, 0.5) is 0 Å². The number of nitriles is 1. The number of aromatic hydroxyl groups is 1. The van der Waals surface area contributed by atoms with E-state index in [1.807, 2.05) is 6.07 Å². The molecule has 0 bridgehead atoms. The molecule has 2 aromatic rings. The molecule has 0 aliphatic rings. The summed E-state index contributed by atoms with van der Waals surface area (Å²) in [5, 5.41) is 21.2. The number of aromatic nitrogens is 1. The van der Waals surface area contributed by atoms with Gasteiger partial charge in [0.25, 0.3) is 11.5 Å². The summed E-state index contributed by atoms with van der Waals surface area (Å²) in [6.07, 6.45) is 1.68. The molecule has 0 aliphatic heterocycles. The van der Waals surface area contributed by atoms with Crippen molar-refractivity contribution in [1.82, 2.24) is 9.88 Å². The molecule has 1 aromatic heterocycles. The number of benzene rings is 1. The molecule has 7 heteroatoms. The molecule has 2 rings (SSSR count). The van der Waals surface area contributed by atoms with Crippen LogP contribution in [0, 0.1) is 11.3 Å². The second kappa shape index (κ2) is 7.62. The maximum absolute atomic E-state index is 12.5. The summed E-state index contributed by atoms with van der Waals surface area (Å²) in [5.41, 5.74) is 0.436. The van der Waals surface area contributed by atoms with Crippen molar-refractivity contribution in [2.75, 3.05) is 6.54 Å². The Kier molecular flexibility index (Phi) is 5.55. The van der Waals surface area contributed by atoms with Crippen molar-refractivity contribution in [1.29, 1.82) is 5.26 Å². The largest absolute Gasteiger partial charge is 0.508 e. The topological polar surface area (TPSA) is 95.1 Å². The predicted molar refractivity (Wildman–Crippen MR) is 92.9 cm³/mol. The highest BCUT2D eigenvalue weighted by Gasteiger charge is 2.14. The highest BCUT2D eigenvalue weighted by molar-refractivity contribution is 7.07. The molecule has 24 heavy (non-hydrogen) atoms. The summed E-state index contributed by atoms with van der Waals surface area (Å²) < 4.78 is 2.20. The van der Waals surface area contributed by atoms with E-state index in [2.05, 4.69) is 5.32 Å². The van der Waals surface area contributed by atoms with Gasteiger partial charge >= 0.3 is 0 Å². The zero-order chi connectivity index (χ0) is 17.7. The molecule has 0 fully saturated rings. The zero-order valence-electron chi connectivity index (χ0n) is 13.4. The van der Waals surface area contributed by atoms with E-state index in [1.165, 1.54) is 16.7 Å². The van der Waals surface area contributed by atoms with Crippen LogP contribution in [0.2, 0.25) is 0 Å². The fraction of sp³-hybridized carbons (Fsp3) is 0.235. The number of carbonyl (C=O) groups is 1. The molecule has 0 saturated carbocycles. The van der Waals surface area contributed by atoms with Crippen molar-refractivity contribution in [3.8, 4) is 11.8 Å². The Morgan fingerprint density at radius 2 is 2.04 bits per heavy atom. The molecule has 0 saturated heterocycles. The summed E-state index contributed by atoms with van der Waals surface area (Å²) >= 11 is 1.11. The van der Waals surface area contributed by atoms with Gasteiger partial charge in [0.05, 0.1) is 4.53 Å². The molecule has 1 aromatic carbocycles. The van der Waals surface area contributed by atoms with Gasteiger partial charge in [-0.3, -0.25) is 14.2 Å². The number of hydrogen-bond acceptors (Lipinski definition) is 5. The number of rotatable bonds is 4. The number of nitrogens with one attached hydrogen (secondary N) is 1. The lowest BCUT2D eigenvalue weighted by Gasteiger charge is -2.00. The van der Waals surface area contributed by atoms with Gasteiger partial charge in [0.15, 0.2) is 5.57 Å². The molecule has 1 heterocycles. The third kappa shape index (κ3) is 3.55. The first kappa shape index (κ1) is 17.5. The number of carbonyl (C=O) groups excluding carboxylic acids is 1. The van der Waals surface area contributed by atoms with Gasteiger partial charge in [0.1, 0.15) is 16.5 Å². The summed E-state index contributed by atoms with van der Waals surface area (Å²) in [6.45, 7) is 4.31. The first-order valence-corrected chi connectivity index (χ1v) is 8.26. The molecule has 1 amide bonds. The van der Waals surface area contributed by atoms with E-state index in [1.54, 1.807) is 32.1 Å². The van der Waals surface area contributed by atoms with Crippen molar-refractivity contribution in [3.05, 3.63) is 49.4 Å². The van der Waals surface area contributed by atoms with Crippen molar-refractivity contribution < 1.29 is 9.90 Å². The van der Waals surface area contributed by atoms with Crippen LogP contribution in [-0.4, -0.2) is 22.1 Å². The fourth-order valence-corrected chi connectivity index (χ4v) is 3.32. The molecule has 0 radical (unpaired) electrons. The molecule has 0 aliphatic carbocycles. The lowest BCUT2D eigenvalue weighted by molar-refractivity contribution is -0.115. The van der Waals surface area contributed by atoms with Crippen molar-refractivity contribution in [2.24, 2.45) is 0 Å². The van der Waals surface area contributed by atoms with E-state index in [0.29, 0.717) is 22.3 Å². The Morgan fingerprint density at radius 1 is 1.38 bits per heavy atom. The molecule has 124 valence electrons. The molecular weight excluding hydrogens is 326 g/mol. The summed E-state index contributed by atoms with van der Waals surface area (Å²) in [4.78, 5) is 24.6. The van der Waals surface area contributed by atoms with Crippen molar-refractivity contribution in [3.63, 3.8) is 0 Å². The van der Waals surface area contributed by atoms with Crippen LogP contribution in [0.5, 0.6) is 5.75 Å². The second-order valence-corrected chi connectivity index (χ2v) is 5.93. The lowest BCUT2D eigenvalue weighted by Crippen LogP contribution is -2.34. The highest BCUT2D eigenvalue weighted by atomic mass is 32.1. The van der Waals surface area contributed by atoms with Gasteiger partial charge in [-0.15, -0.1) is 11.3 Å². The van der Waals surface area contributed by atoms with Gasteiger partial charge in [0.2, 0.25) is 0 Å². The van der Waals surface area contributed by atoms with Crippen LogP contribution in [0.15, 0.2) is 29.1 Å². The van der Waals surface area contributed by atoms with Crippen molar-refractivity contribution in [2.45, 2.75) is 20.4 Å². The average Bonchev–Trinajstić information content (AvgIpc) is 2.86. The van der Waals surface area contributed by atoms with Gasteiger partial charge in [-0.05, 0) is 37.6 Å². The number of nitrogens with zero attached hydrogens (tertiary/aromatic N) is 2. The van der Waals surface area contributed by atoms with Crippen molar-refractivity contribution >= 4 is 28.9 Å². The molecule has 2 N–H and O–H groups in total. The summed E-state index contributed by atoms with van der Waals surface area (Å²) in [5.74, 6) is -0.346. The Hall–Kier alpha value is -2.85. The van der Waals surface area contributed by atoms with Crippen LogP contribution < -0.4 is 20.1 Å². The highest BCUT2D eigenvalue weighted by Crippen LogP contribution is 2.09. The SMILES string of the molecule is CCNC(=O)/C(C#N)=c1\s/c(=C\c2ccc(O)cc2)c(=O)n1CC. The minimum Gasteiger partial charge on any atom is -0.508 e. The van der Waals surface area contributed by atoms with E-state index in [9.17, 15) is 20.0 Å². The molecule has 6 nitrogen and oxygen atoms in total. The summed E-state index contributed by atoms with van der Waals surface area (Å²) in [6, 6.07) is 8.32. The number of thiazole rings is 1. The molecule has 0 spiro atoms. The van der Waals surface area contributed by atoms with Crippen LogP contribution in [0.3, 0.4) is 0 Å². The van der Waals surface area contributed by atoms with Gasteiger partial charge in [-0.2, -0.15) is 5.26 Å². The van der Waals surface area contributed by atoms with Gasteiger partial charge < -0.3 is 10.4 Å². The number of phenolic OH excluding ortho intramolecular Hbond substituents is 1. The second-order valence-electron chi connectivity index (χ2n) is 4.90. The first-order valence-electron chi connectivity index (χ1n) is 7.44. The Bertz CT molecular complexity index is 962. The van der Waals surface area contributed by atoms with Crippen LogP contribution in [0.25, 0.3) is 11.6 Å².